The second-order valence-electron chi connectivity index (χ2n) is 7.49. The summed E-state index contributed by atoms with van der Waals surface area (Å²) in [4.78, 5) is 0. The van der Waals surface area contributed by atoms with Crippen molar-refractivity contribution in [3.8, 4) is 0 Å². The number of halogens is 2. The van der Waals surface area contributed by atoms with Gasteiger partial charge in [0.15, 0.2) is 0 Å². The van der Waals surface area contributed by atoms with Crippen molar-refractivity contribution in [3.05, 3.63) is 114 Å². The van der Waals surface area contributed by atoms with Crippen molar-refractivity contribution >= 4 is 28.0 Å². The molecule has 0 spiro atoms. The molecule has 0 aromatic heterocycles. The van der Waals surface area contributed by atoms with Crippen LogP contribution in [0.25, 0.3) is 0 Å². The van der Waals surface area contributed by atoms with Crippen molar-refractivity contribution < 1.29 is 21.3 Å². The van der Waals surface area contributed by atoms with Crippen LogP contribution in [0, 0.1) is 0 Å². The Labute approximate surface area is 201 Å². The van der Waals surface area contributed by atoms with Crippen molar-refractivity contribution in [2.75, 3.05) is 0 Å². The summed E-state index contributed by atoms with van der Waals surface area (Å²) in [6.07, 6.45) is 14.3. The molecule has 0 saturated heterocycles. The Hall–Kier alpha value is -1.27. The van der Waals surface area contributed by atoms with Gasteiger partial charge in [0.05, 0.1) is 0 Å². The first-order valence-corrected chi connectivity index (χ1v) is 14.1. The van der Waals surface area contributed by atoms with Crippen LogP contribution in [0.2, 0.25) is 0 Å². The van der Waals surface area contributed by atoms with Gasteiger partial charge in [-0.25, -0.2) is 0 Å². The summed E-state index contributed by atoms with van der Waals surface area (Å²) < 4.78 is 5.11. The molecular formula is C27H30Cl2Zr. The summed E-state index contributed by atoms with van der Waals surface area (Å²) in [6, 6.07) is 22.3. The first-order chi connectivity index (χ1) is 13.8. The van der Waals surface area contributed by atoms with Gasteiger partial charge in [0.2, 0.25) is 0 Å². The van der Waals surface area contributed by atoms with E-state index in [4.69, 9.17) is 0 Å². The molecule has 2 aromatic rings. The first-order valence-electron chi connectivity index (χ1n) is 10.4. The molecule has 0 atom stereocenters. The van der Waals surface area contributed by atoms with E-state index in [1.807, 2.05) is 0 Å². The summed E-state index contributed by atoms with van der Waals surface area (Å²) in [6.45, 7) is 4.63. The van der Waals surface area contributed by atoms with Crippen LogP contribution in [-0.2, 0) is 21.3 Å². The molecule has 0 saturated carbocycles. The van der Waals surface area contributed by atoms with E-state index in [0.717, 1.165) is 12.8 Å². The molecule has 4 rings (SSSR count). The number of hydrogen-bond acceptors (Lipinski definition) is 0. The maximum Gasteiger partial charge on any atom is -0.147 e. The summed E-state index contributed by atoms with van der Waals surface area (Å²) >= 11 is -2.23. The average molecular weight is 517 g/mol. The molecule has 0 aliphatic heterocycles. The van der Waals surface area contributed by atoms with E-state index < -0.39 is 21.3 Å². The van der Waals surface area contributed by atoms with Gasteiger partial charge in [-0.15, -0.1) is 24.8 Å². The molecule has 2 aliphatic carbocycles. The molecule has 2 aliphatic rings. The normalized spacial score (nSPS) is 14.6. The molecule has 3 heteroatoms. The molecule has 0 radical (unpaired) electrons. The van der Waals surface area contributed by atoms with Crippen molar-refractivity contribution in [1.82, 2.24) is 0 Å². The molecule has 2 aromatic carbocycles. The third-order valence-electron chi connectivity index (χ3n) is 5.80. The fraction of sp³-hybridized carbons (Fsp3) is 0.222. The fourth-order valence-corrected chi connectivity index (χ4v) is 12.4. The third-order valence-corrected chi connectivity index (χ3v) is 13.3. The molecule has 0 amide bonds. The zero-order chi connectivity index (χ0) is 19.3. The molecule has 30 heavy (non-hydrogen) atoms. The Balaban J connectivity index is 0.00000160. The Morgan fingerprint density at radius 2 is 1.40 bits per heavy atom. The zero-order valence-corrected chi connectivity index (χ0v) is 21.8. The molecule has 0 heterocycles. The Kier molecular flexibility index (Phi) is 9.95. The van der Waals surface area contributed by atoms with Crippen LogP contribution in [0.3, 0.4) is 0 Å². The van der Waals surface area contributed by atoms with Crippen molar-refractivity contribution in [3.63, 3.8) is 0 Å². The standard InChI is InChI=1S/C13H10.C9H13.C5H5.2ClH.Zr/c1-3-7-12(8-4-1)11-13-9-5-2-6-10-13;1-3-8-6-5-7-9(8)4-2;1-2-4-5-3-1;;;/h1-10H;6H,3-4,7H2,1-2H3;1-3H,4H2;2*1H;. The van der Waals surface area contributed by atoms with E-state index in [2.05, 4.69) is 98.8 Å². The summed E-state index contributed by atoms with van der Waals surface area (Å²) in [5.74, 6) is 0. The van der Waals surface area contributed by atoms with E-state index in [1.165, 1.54) is 24.0 Å². The minimum Gasteiger partial charge on any atom is -0.147 e. The Bertz CT molecular complexity index is 968. The molecular weight excluding hydrogens is 486 g/mol. The summed E-state index contributed by atoms with van der Waals surface area (Å²) in [5, 5.41) is 0. The molecule has 156 valence electrons. The molecule has 0 bridgehead atoms. The predicted octanol–water partition coefficient (Wildman–Crippen LogP) is 7.97. The Morgan fingerprint density at radius 1 is 0.800 bits per heavy atom. The SMILES string of the molecule is CCC1=C(CC)C[C]([Zr]([C]2=CC=CC2)=[C](c2ccccc2)c2ccccc2)=C1.Cl.Cl. The minimum absolute atomic E-state index is 0. The zero-order valence-electron chi connectivity index (χ0n) is 17.7. The van der Waals surface area contributed by atoms with E-state index in [-0.39, 0.29) is 24.8 Å². The smallest absolute Gasteiger partial charge is 0.147 e. The van der Waals surface area contributed by atoms with Crippen molar-refractivity contribution in [1.29, 1.82) is 0 Å². The molecule has 0 nitrogen and oxygen atoms in total. The first kappa shape index (κ1) is 25.0. The number of benzene rings is 2. The quantitative estimate of drug-likeness (QED) is 0.365. The van der Waals surface area contributed by atoms with Crippen LogP contribution >= 0.6 is 24.8 Å². The third kappa shape index (κ3) is 5.31. The van der Waals surface area contributed by atoms with Gasteiger partial charge in [0.1, 0.15) is 0 Å². The number of allylic oxidation sites excluding steroid dienone is 8. The maximum absolute atomic E-state index is 2.60. The van der Waals surface area contributed by atoms with Crippen LogP contribution in [0.15, 0.2) is 103 Å². The van der Waals surface area contributed by atoms with E-state index in [1.54, 1.807) is 20.9 Å². The van der Waals surface area contributed by atoms with Gasteiger partial charge in [-0.2, -0.15) is 0 Å². The Morgan fingerprint density at radius 3 is 1.83 bits per heavy atom. The molecule has 0 N–H and O–H groups in total. The van der Waals surface area contributed by atoms with E-state index in [0.29, 0.717) is 0 Å². The van der Waals surface area contributed by atoms with E-state index in [9.17, 15) is 0 Å². The second-order valence-corrected chi connectivity index (χ2v) is 13.7. The largest absolute Gasteiger partial charge is 0.147 e. The maximum atomic E-state index is 2.60. The van der Waals surface area contributed by atoms with Crippen LogP contribution < -0.4 is 0 Å². The van der Waals surface area contributed by atoms with Crippen LogP contribution in [-0.4, -0.2) is 3.21 Å². The summed E-state index contributed by atoms with van der Waals surface area (Å²) in [5.41, 5.74) is 6.10. The van der Waals surface area contributed by atoms with Crippen LogP contribution in [0.5, 0.6) is 0 Å². The topological polar surface area (TPSA) is 0 Å². The van der Waals surface area contributed by atoms with Gasteiger partial charge in [-0.1, -0.05) is 0 Å². The van der Waals surface area contributed by atoms with Crippen molar-refractivity contribution in [2.45, 2.75) is 39.5 Å². The fourth-order valence-electron chi connectivity index (χ4n) is 4.40. The van der Waals surface area contributed by atoms with Gasteiger partial charge in [-0.3, -0.25) is 0 Å². The van der Waals surface area contributed by atoms with Crippen molar-refractivity contribution in [2.24, 2.45) is 0 Å². The average Bonchev–Trinajstić information content (AvgIpc) is 3.43. The van der Waals surface area contributed by atoms with Gasteiger partial charge >= 0.3 is 178 Å². The summed E-state index contributed by atoms with van der Waals surface area (Å²) in [7, 11) is 0. The van der Waals surface area contributed by atoms with Crippen LogP contribution in [0.4, 0.5) is 0 Å². The molecule has 0 fully saturated rings. The van der Waals surface area contributed by atoms with Gasteiger partial charge in [0.25, 0.3) is 0 Å². The van der Waals surface area contributed by atoms with Gasteiger partial charge in [0, 0.05) is 0 Å². The number of rotatable bonds is 6. The minimum atomic E-state index is -2.23. The van der Waals surface area contributed by atoms with Crippen LogP contribution in [0.1, 0.15) is 50.7 Å². The monoisotopic (exact) mass is 514 g/mol. The van der Waals surface area contributed by atoms with E-state index >= 15 is 0 Å². The molecule has 0 unspecified atom stereocenters. The van der Waals surface area contributed by atoms with Gasteiger partial charge in [-0.05, 0) is 0 Å². The van der Waals surface area contributed by atoms with Gasteiger partial charge < -0.3 is 0 Å². The predicted molar refractivity (Wildman–Crippen MR) is 133 cm³/mol. The second kappa shape index (κ2) is 11.9. The number of hydrogen-bond donors (Lipinski definition) is 0.